The summed E-state index contributed by atoms with van der Waals surface area (Å²) in [5.41, 5.74) is 11.0. The van der Waals surface area contributed by atoms with Crippen molar-refractivity contribution in [3.05, 3.63) is 185 Å². The van der Waals surface area contributed by atoms with E-state index in [0.717, 1.165) is 19.3 Å². The third-order valence-electron chi connectivity index (χ3n) is 11.0. The van der Waals surface area contributed by atoms with Gasteiger partial charge in [0.2, 0.25) is 0 Å². The minimum Gasteiger partial charge on any atom is -0.359 e. The van der Waals surface area contributed by atoms with E-state index in [-0.39, 0.29) is 0 Å². The molecule has 0 saturated heterocycles. The van der Waals surface area contributed by atoms with Gasteiger partial charge in [0, 0.05) is 51.6 Å². The molecule has 1 fully saturated rings. The molecule has 51 heavy (non-hydrogen) atoms. The van der Waals surface area contributed by atoms with E-state index < -0.39 is 0 Å². The average Bonchev–Trinajstić information content (AvgIpc) is 4.00. The third-order valence-corrected chi connectivity index (χ3v) is 11.0. The number of nitrogens with zero attached hydrogens (tertiary/aromatic N) is 1. The zero-order valence-electron chi connectivity index (χ0n) is 29.8. The molecule has 1 saturated carbocycles. The highest BCUT2D eigenvalue weighted by Gasteiger charge is 2.52. The number of aryl methyl sites for hydroxylation is 1. The largest absolute Gasteiger partial charge is 0.359 e. The first kappa shape index (κ1) is 33.1. The molecule has 256 valence electrons. The molecule has 0 amide bonds. The van der Waals surface area contributed by atoms with Crippen LogP contribution in [0.25, 0.3) is 16.8 Å². The summed E-state index contributed by atoms with van der Waals surface area (Å²) in [5, 5.41) is 6.27. The molecule has 0 aromatic heterocycles. The fraction of sp³-hybridized carbons (Fsp3) is 0.265. The lowest BCUT2D eigenvalue weighted by Gasteiger charge is -2.28. The Bertz CT molecular complexity index is 2050. The van der Waals surface area contributed by atoms with Gasteiger partial charge < -0.3 is 10.2 Å². The topological polar surface area (TPSA) is 15.3 Å². The van der Waals surface area contributed by atoms with Gasteiger partial charge in [-0.15, -0.1) is 0 Å². The summed E-state index contributed by atoms with van der Waals surface area (Å²) in [4.78, 5) is 2.61. The number of nitrogens with one attached hydrogen (secondary N) is 1. The van der Waals surface area contributed by atoms with Crippen molar-refractivity contribution in [1.82, 2.24) is 0 Å². The van der Waals surface area contributed by atoms with Crippen LogP contribution in [0.2, 0.25) is 0 Å². The number of allylic oxidation sites excluding steroid dienone is 16. The molecule has 6 aliphatic rings. The summed E-state index contributed by atoms with van der Waals surface area (Å²) in [6.45, 7) is 0. The molecule has 0 radical (unpaired) electrons. The zero-order valence-corrected chi connectivity index (χ0v) is 29.8. The maximum atomic E-state index is 3.65. The van der Waals surface area contributed by atoms with Crippen LogP contribution in [0.5, 0.6) is 0 Å². The second-order valence-electron chi connectivity index (χ2n) is 14.5. The molecule has 3 atom stereocenters. The Morgan fingerprint density at radius 2 is 1.59 bits per heavy atom. The average molecular weight is 667 g/mol. The molecule has 0 aliphatic heterocycles. The van der Waals surface area contributed by atoms with Gasteiger partial charge in [-0.25, -0.2) is 0 Å². The van der Waals surface area contributed by atoms with Crippen molar-refractivity contribution in [2.45, 2.75) is 70.3 Å². The summed E-state index contributed by atoms with van der Waals surface area (Å²) in [7, 11) is 0. The Balaban J connectivity index is 0.000000175. The Hall–Kier alpha value is -5.08. The van der Waals surface area contributed by atoms with Crippen LogP contribution in [-0.2, 0) is 6.42 Å². The lowest BCUT2D eigenvalue weighted by molar-refractivity contribution is 0.704. The third kappa shape index (κ3) is 7.81. The minimum atomic E-state index is 0.456. The number of benzene rings is 3. The molecular weight excluding hydrogens is 617 g/mol. The van der Waals surface area contributed by atoms with E-state index >= 15 is 0 Å². The smallest absolute Gasteiger partial charge is 0.0493 e. The van der Waals surface area contributed by atoms with Crippen LogP contribution in [-0.4, -0.2) is 6.04 Å². The van der Waals surface area contributed by atoms with Gasteiger partial charge in [0.15, 0.2) is 0 Å². The monoisotopic (exact) mass is 666 g/mol. The molecule has 9 rings (SSSR count). The van der Waals surface area contributed by atoms with Crippen LogP contribution in [0, 0.1) is 11.8 Å². The summed E-state index contributed by atoms with van der Waals surface area (Å²) < 4.78 is 0. The first-order valence-corrected chi connectivity index (χ1v) is 19.3. The lowest BCUT2D eigenvalue weighted by Crippen LogP contribution is -2.26. The van der Waals surface area contributed by atoms with Gasteiger partial charge in [-0.3, -0.25) is 0 Å². The highest BCUT2D eigenvalue weighted by molar-refractivity contribution is 5.95. The fourth-order valence-corrected chi connectivity index (χ4v) is 8.28. The maximum absolute atomic E-state index is 3.65. The summed E-state index contributed by atoms with van der Waals surface area (Å²) in [6.07, 6.45) is 48.5. The normalized spacial score (nSPS) is 22.9. The molecule has 3 unspecified atom stereocenters. The Kier molecular flexibility index (Phi) is 10.3. The Morgan fingerprint density at radius 1 is 0.667 bits per heavy atom. The zero-order chi connectivity index (χ0) is 34.2. The van der Waals surface area contributed by atoms with Crippen LogP contribution < -0.4 is 10.2 Å². The van der Waals surface area contributed by atoms with E-state index in [1.54, 1.807) is 0 Å². The van der Waals surface area contributed by atoms with Gasteiger partial charge in [-0.05, 0) is 105 Å². The van der Waals surface area contributed by atoms with E-state index in [2.05, 4.69) is 168 Å². The summed E-state index contributed by atoms with van der Waals surface area (Å²) in [6, 6.07) is 22.6. The van der Waals surface area contributed by atoms with Crippen molar-refractivity contribution >= 4 is 28.2 Å². The van der Waals surface area contributed by atoms with Crippen LogP contribution in [0.15, 0.2) is 174 Å². The van der Waals surface area contributed by atoms with Gasteiger partial charge >= 0.3 is 0 Å². The number of fused-ring (bicyclic) bond motifs is 3. The van der Waals surface area contributed by atoms with Crippen LogP contribution >= 0.6 is 0 Å². The molecule has 1 N–H and O–H groups in total. The van der Waals surface area contributed by atoms with Crippen molar-refractivity contribution in [3.8, 4) is 0 Å². The quantitative estimate of drug-likeness (QED) is 0.270. The first-order valence-electron chi connectivity index (χ1n) is 19.3. The molecule has 3 aromatic carbocycles. The second-order valence-corrected chi connectivity index (χ2v) is 14.5. The Labute approximate surface area is 305 Å². The molecule has 0 spiro atoms. The van der Waals surface area contributed by atoms with Crippen molar-refractivity contribution in [3.63, 3.8) is 0 Å². The van der Waals surface area contributed by atoms with Crippen molar-refractivity contribution in [1.29, 1.82) is 0 Å². The predicted molar refractivity (Wildman–Crippen MR) is 220 cm³/mol. The lowest BCUT2D eigenvalue weighted by atomic mass is 9.99. The fourth-order valence-electron chi connectivity index (χ4n) is 8.28. The molecule has 2 nitrogen and oxygen atoms in total. The summed E-state index contributed by atoms with van der Waals surface area (Å²) >= 11 is 0. The van der Waals surface area contributed by atoms with Crippen LogP contribution in [0.3, 0.4) is 0 Å². The van der Waals surface area contributed by atoms with E-state index in [0.29, 0.717) is 17.9 Å². The molecular formula is C49H50N2. The number of hydrogen-bond donors (Lipinski definition) is 1. The van der Waals surface area contributed by atoms with Gasteiger partial charge in [0.25, 0.3) is 0 Å². The van der Waals surface area contributed by atoms with E-state index in [9.17, 15) is 0 Å². The Morgan fingerprint density at radius 3 is 2.55 bits per heavy atom. The first-order chi connectivity index (χ1) is 25.3. The highest BCUT2D eigenvalue weighted by atomic mass is 15.2. The van der Waals surface area contributed by atoms with E-state index in [1.165, 1.54) is 101 Å². The molecule has 3 aromatic rings. The number of rotatable bonds is 7. The van der Waals surface area contributed by atoms with Gasteiger partial charge in [-0.2, -0.15) is 0 Å². The molecule has 6 aliphatic carbocycles. The SMILES string of the molecule is C1=CCC=CC(CC2=CC3C(C=C2)C3N(C2=CCC=CC=C2)c2cccc3ccccc23)=C1.C1=Cc2c(cccc2NC2=CCCCC2)CCC1. The molecule has 0 heterocycles. The predicted octanol–water partition coefficient (Wildman–Crippen LogP) is 12.9. The molecule has 2 heteroatoms. The highest BCUT2D eigenvalue weighted by Crippen LogP contribution is 2.52. The molecule has 0 bridgehead atoms. The van der Waals surface area contributed by atoms with E-state index in [1.807, 2.05) is 0 Å². The van der Waals surface area contributed by atoms with Crippen LogP contribution in [0.4, 0.5) is 11.4 Å². The van der Waals surface area contributed by atoms with Crippen molar-refractivity contribution in [2.75, 3.05) is 10.2 Å². The van der Waals surface area contributed by atoms with Crippen molar-refractivity contribution in [2.24, 2.45) is 11.8 Å². The second kappa shape index (κ2) is 15.9. The van der Waals surface area contributed by atoms with Crippen LogP contribution in [0.1, 0.15) is 68.9 Å². The number of hydrogen-bond acceptors (Lipinski definition) is 2. The van der Waals surface area contributed by atoms with E-state index in [4.69, 9.17) is 0 Å². The van der Waals surface area contributed by atoms with Gasteiger partial charge in [0.1, 0.15) is 0 Å². The number of anilines is 2. The van der Waals surface area contributed by atoms with Crippen molar-refractivity contribution < 1.29 is 0 Å². The van der Waals surface area contributed by atoms with Gasteiger partial charge in [-0.1, -0.05) is 140 Å². The van der Waals surface area contributed by atoms with Gasteiger partial charge in [0.05, 0.1) is 0 Å². The maximum Gasteiger partial charge on any atom is 0.0493 e. The minimum absolute atomic E-state index is 0.456. The summed E-state index contributed by atoms with van der Waals surface area (Å²) in [5.74, 6) is 1.12. The standard InChI is InChI=1S/C32H29N.C17H21N/c1-2-6-13-24(12-5-1)22-25-20-21-29-30(23-25)32(29)33(27-16-7-3-4-8-17-27)31-19-11-15-26-14-9-10-18-28(26)31;1-3-8-14-9-7-13-17(16(14)12-6-1)18-15-10-4-2-5-11-15/h1,3-7,9-21,23,29-30,32H,2,8,22H2;6-7,9-10,12-13,18H,1-5,8,11H2.